The summed E-state index contributed by atoms with van der Waals surface area (Å²) in [5.74, 6) is -3.90. The van der Waals surface area contributed by atoms with Crippen LogP contribution in [-0.4, -0.2) is 222 Å². The van der Waals surface area contributed by atoms with Gasteiger partial charge in [0.15, 0.2) is 46.0 Å². The predicted octanol–water partition coefficient (Wildman–Crippen LogP) is 15.3. The molecule has 0 aliphatic carbocycles. The normalized spacial score (nSPS) is 13.8. The van der Waals surface area contributed by atoms with Crippen molar-refractivity contribution in [3.63, 3.8) is 0 Å². The first-order valence-electron chi connectivity index (χ1n) is 47.6. The van der Waals surface area contributed by atoms with Gasteiger partial charge in [0.2, 0.25) is 11.8 Å². The number of fused-ring (bicyclic) bond motifs is 5. The second kappa shape index (κ2) is 50.5. The van der Waals surface area contributed by atoms with Crippen LogP contribution in [0.3, 0.4) is 0 Å². The van der Waals surface area contributed by atoms with Crippen LogP contribution >= 0.6 is 27.5 Å². The number of nitrogens with one attached hydrogen (secondary N) is 8. The Balaban J connectivity index is 0.000000141. The van der Waals surface area contributed by atoms with Crippen LogP contribution in [0.25, 0.3) is 89.7 Å². The SMILES string of the molecule is CC.CCNC(=O)NC1CC=c2ncc(Nc3ccc(C)cc3)nc2=N1.Cc1ccc(Nc2c(C(=O)NOC[C@H](O)CO)ccc(F)c2F)c(F)c1.Cn1cnc2c(F)c(Cc3ccc(Br)cc3Cl)c(C(=O)COCCO)cc21.Nc1c[nH]c2nnc(-c3c(-c4ccccc4)nn4ccccc34)cc12.O=C(Nc1ccc2[nH]nc(-c3ccncc3)c2c1)C1CCN(CC(=O)N2CCN(c3ccc(-c4ncccn4)cc3)CC2)C1. The van der Waals surface area contributed by atoms with Gasteiger partial charge < -0.3 is 71.7 Å². The Morgan fingerprint density at radius 1 is 0.716 bits per heavy atom. The van der Waals surface area contributed by atoms with E-state index >= 15 is 4.39 Å². The predicted molar refractivity (Wildman–Crippen MR) is 563 cm³/mol. The molecule has 3 atom stereocenters. The number of ether oxygens (including phenoxy) is 1. The zero-order valence-electron chi connectivity index (χ0n) is 81.4. The Bertz CT molecular complexity index is 7670. The number of anilines is 7. The number of imidazole rings is 1. The topological polar surface area (TPSA) is 455 Å². The number of aromatic nitrogens is 14. The summed E-state index contributed by atoms with van der Waals surface area (Å²) < 4.78 is 66.4. The van der Waals surface area contributed by atoms with E-state index in [9.17, 15) is 37.1 Å². The van der Waals surface area contributed by atoms with Crippen LogP contribution in [0.1, 0.15) is 76.6 Å². The molecule has 2 saturated heterocycles. The number of amides is 5. The fraction of sp³-hybridized carbons (Fsp3) is 0.234. The molecule has 148 heavy (non-hydrogen) atoms. The minimum absolute atomic E-state index is 0.0216. The Hall–Kier alpha value is -16.2. The molecule has 0 bridgehead atoms. The molecule has 9 aromatic heterocycles. The number of rotatable bonds is 27. The molecule has 8 aromatic carbocycles. The smallest absolute Gasteiger partial charge is 0.316 e. The summed E-state index contributed by atoms with van der Waals surface area (Å²) in [6.45, 7) is 13.3. The Labute approximate surface area is 860 Å². The van der Waals surface area contributed by atoms with Crippen molar-refractivity contribution in [2.75, 3.05) is 112 Å². The van der Waals surface area contributed by atoms with Gasteiger partial charge in [0, 0.05) is 161 Å². The third kappa shape index (κ3) is 26.7. The van der Waals surface area contributed by atoms with Gasteiger partial charge in [0.1, 0.15) is 53.6 Å². The van der Waals surface area contributed by atoms with Gasteiger partial charge in [-0.3, -0.25) is 39.0 Å². The number of aryl methyl sites for hydroxylation is 3. The van der Waals surface area contributed by atoms with Crippen LogP contribution < -0.4 is 53.5 Å². The van der Waals surface area contributed by atoms with Crippen LogP contribution in [0.4, 0.5) is 62.3 Å². The van der Waals surface area contributed by atoms with Crippen molar-refractivity contribution in [3.05, 3.63) is 321 Å². The monoisotopic (exact) mass is 2090 g/mol. The van der Waals surface area contributed by atoms with E-state index in [0.717, 1.165) is 126 Å². The molecule has 2 unspecified atom stereocenters. The second-order valence-corrected chi connectivity index (χ2v) is 35.5. The van der Waals surface area contributed by atoms with Crippen molar-refractivity contribution >= 4 is 142 Å². The highest BCUT2D eigenvalue weighted by molar-refractivity contribution is 9.10. The number of hydroxylamine groups is 1. The van der Waals surface area contributed by atoms with Gasteiger partial charge >= 0.3 is 6.03 Å². The van der Waals surface area contributed by atoms with E-state index in [-0.39, 0.29) is 89.8 Å². The number of nitrogen functional groups attached to an aromatic ring is 1. The van der Waals surface area contributed by atoms with E-state index in [4.69, 9.17) is 42.5 Å². The van der Waals surface area contributed by atoms with Crippen molar-refractivity contribution in [2.45, 2.75) is 66.2 Å². The molecule has 3 aliphatic heterocycles. The molecule has 12 heterocycles. The van der Waals surface area contributed by atoms with Crippen LogP contribution in [0, 0.1) is 43.0 Å². The lowest BCUT2D eigenvalue weighted by atomic mass is 9.95. The quantitative estimate of drug-likeness (QED) is 0.00984. The zero-order chi connectivity index (χ0) is 104. The number of aliphatic hydroxyl groups excluding tert-OH is 3. The van der Waals surface area contributed by atoms with Crippen LogP contribution in [0.2, 0.25) is 5.02 Å². The van der Waals surface area contributed by atoms with E-state index in [1.54, 1.807) is 80.0 Å². The Morgan fingerprint density at radius 2 is 1.47 bits per heavy atom. The second-order valence-electron chi connectivity index (χ2n) is 34.2. The van der Waals surface area contributed by atoms with E-state index in [1.165, 1.54) is 24.0 Å². The molecule has 3 aliphatic rings. The minimum Gasteiger partial charge on any atom is -0.397 e. The molecule has 0 radical (unpaired) electrons. The molecule has 0 saturated carbocycles. The fourth-order valence-electron chi connectivity index (χ4n) is 16.4. The number of carbonyl (C=O) groups is 5. The summed E-state index contributed by atoms with van der Waals surface area (Å²) in [5.41, 5.74) is 23.5. The minimum atomic E-state index is -1.37. The number of nitrogens with zero attached hydrogens (tertiary/aromatic N) is 16. The third-order valence-corrected chi connectivity index (χ3v) is 24.8. The molecule has 41 heteroatoms. The van der Waals surface area contributed by atoms with Crippen LogP contribution in [-0.2, 0) is 32.6 Å². The molecule has 5 amide bonds. The largest absolute Gasteiger partial charge is 0.397 e. The maximum Gasteiger partial charge on any atom is 0.316 e. The van der Waals surface area contributed by atoms with Crippen molar-refractivity contribution in [1.29, 1.82) is 0 Å². The number of H-pyrrole nitrogens is 2. The van der Waals surface area contributed by atoms with E-state index in [0.29, 0.717) is 89.3 Å². The summed E-state index contributed by atoms with van der Waals surface area (Å²) in [7, 11) is 1.73. The maximum absolute atomic E-state index is 15.2. The van der Waals surface area contributed by atoms with Crippen LogP contribution in [0.5, 0.6) is 0 Å². The van der Waals surface area contributed by atoms with Gasteiger partial charge in [0.25, 0.3) is 5.91 Å². The molecule has 2 fully saturated rings. The number of hydrogen-bond acceptors (Lipinski definition) is 26. The first kappa shape index (κ1) is 106. The molecule has 762 valence electrons. The standard InChI is InChI=1S/C33H33N9O2.C19H17BrClFN2O3.C19H14N6.C17H17F3N2O4.C17H20N6O.C2H6/c43-30(42-18-16-41(17-19-42)27-5-2-24(3-6-27)32-35-11-1-12-36-32)22-40-15-10-25(21-40)33(44)37-26-4-7-29-28(20-26)31(39-38-29)23-8-13-34-14-9-23;1-24-10-23-19-16(24)8-13(17(26)9-27-5-4-25)14(18(19)22)6-11-2-3-12(20)7-15(11)21;20-14-11-21-19-13(14)10-15(22-23-19)17-16-8-4-5-9-25(16)24-18(17)12-6-2-1-3-7-12;1-9-2-5-14(13(19)6-9)21-16-11(3-4-12(18)15(16)20)17(25)22-26-8-10(24)7-23;1-3-18-17(24)23-14-9-8-13-16(21-14)22-15(10-19-13)20-12-6-4-11(2)5-7-12;1-2/h1-9,11-14,20,25H,10,15-19,21-22H2,(H,37,44)(H,38,39);2-3,7-8,10,25H,4-6,9H2,1H3;1-11H,20H2,(H,21,23);2-6,10,21,23-24H,7-8H2,1H3,(H,22,25);4-8,10,14H,3,9H2,1-2H3,(H2,18,23,24)(H,20,21,22);1-2H3/t;;;10-;;/m...1../s1. The van der Waals surface area contributed by atoms with Gasteiger partial charge in [-0.2, -0.15) is 10.2 Å². The summed E-state index contributed by atoms with van der Waals surface area (Å²) in [6, 6.07) is 58.2. The number of aliphatic hydroxyl groups is 3. The average molecular weight is 2090 g/mol. The number of likely N-dealkylation sites (tertiary alicyclic amines) is 1. The first-order valence-corrected chi connectivity index (χ1v) is 48.7. The fourth-order valence-corrected chi connectivity index (χ4v) is 17.1. The molecule has 13 N–H and O–H groups in total. The summed E-state index contributed by atoms with van der Waals surface area (Å²) in [6.07, 6.45) is 15.7. The Morgan fingerprint density at radius 3 is 2.21 bits per heavy atom. The zero-order valence-corrected chi connectivity index (χ0v) is 83.8. The van der Waals surface area contributed by atoms with Gasteiger partial charge in [0.05, 0.1) is 95.2 Å². The van der Waals surface area contributed by atoms with Crippen molar-refractivity contribution < 1.29 is 66.4 Å². The number of hydrogen-bond donors (Lipinski definition) is 12. The molecular formula is C107H107BrClF4N25O10. The number of urea groups is 1. The number of aromatic amines is 2. The van der Waals surface area contributed by atoms with E-state index in [1.807, 2.05) is 188 Å². The lowest BCUT2D eigenvalue weighted by molar-refractivity contribution is -0.132. The van der Waals surface area contributed by atoms with E-state index < -0.39 is 54.2 Å². The highest BCUT2D eigenvalue weighted by Crippen LogP contribution is 2.38. The average Bonchev–Trinajstić information content (AvgIpc) is 1.61. The number of pyridine rings is 2. The summed E-state index contributed by atoms with van der Waals surface area (Å²) in [4.78, 5) is 107. The highest BCUT2D eigenvalue weighted by atomic mass is 79.9. The van der Waals surface area contributed by atoms with Crippen molar-refractivity contribution in [2.24, 2.45) is 18.0 Å². The lowest BCUT2D eigenvalue weighted by Crippen LogP contribution is -2.51. The van der Waals surface area contributed by atoms with Gasteiger partial charge in [-0.15, -0.1) is 10.2 Å². The van der Waals surface area contributed by atoms with E-state index in [2.05, 4.69) is 130 Å². The first-order chi connectivity index (χ1) is 71.8. The van der Waals surface area contributed by atoms with Gasteiger partial charge in [-0.05, 0) is 178 Å². The molecule has 35 nitrogen and oxygen atoms in total. The van der Waals surface area contributed by atoms with Gasteiger partial charge in [-0.25, -0.2) is 62.3 Å². The number of carbonyl (C=O) groups excluding carboxylic acids is 5. The van der Waals surface area contributed by atoms with Crippen molar-refractivity contribution in [3.8, 4) is 45.2 Å². The number of nitrogens with two attached hydrogens (primary N) is 1. The van der Waals surface area contributed by atoms with Crippen LogP contribution in [0.15, 0.2) is 253 Å². The number of halogens is 6. The Kier molecular flexibility index (Phi) is 36.2. The molecule has 17 aromatic rings. The highest BCUT2D eigenvalue weighted by Gasteiger charge is 2.33. The summed E-state index contributed by atoms with van der Waals surface area (Å²) >= 11 is 9.62. The van der Waals surface area contributed by atoms with Crippen molar-refractivity contribution in [1.82, 2.24) is 95.4 Å². The molecule has 20 rings (SSSR count). The number of piperazine rings is 1. The number of ketones is 1. The molecule has 0 spiro atoms. The lowest BCUT2D eigenvalue weighted by Gasteiger charge is -2.36. The van der Waals surface area contributed by atoms with Gasteiger partial charge in [-0.1, -0.05) is 114 Å². The number of benzene rings is 8. The summed E-state index contributed by atoms with van der Waals surface area (Å²) in [5, 5.41) is 64.7. The molecular weight excluding hydrogens is 1990 g/mol. The third-order valence-electron chi connectivity index (χ3n) is 23.9. The number of Topliss-reactive ketones (excluding diaryl/α,β-unsaturated/α-hetero) is 1. The maximum atomic E-state index is 15.2.